The predicted molar refractivity (Wildman–Crippen MR) is 110 cm³/mol. The highest BCUT2D eigenvalue weighted by atomic mass is 16.5. The van der Waals surface area contributed by atoms with E-state index in [1.54, 1.807) is 23.4 Å². The van der Waals surface area contributed by atoms with Crippen LogP contribution in [0.4, 0.5) is 0 Å². The Hall–Kier alpha value is -2.83. The van der Waals surface area contributed by atoms with Gasteiger partial charge < -0.3 is 18.9 Å². The molecule has 1 aromatic heterocycles. The number of hydrogen-bond donors (Lipinski definition) is 0. The molecule has 156 valence electrons. The summed E-state index contributed by atoms with van der Waals surface area (Å²) in [6.07, 6.45) is 2.47. The van der Waals surface area contributed by atoms with E-state index in [-0.39, 0.29) is 23.4 Å². The number of rotatable bonds is 7. The molecule has 1 atom stereocenters. The lowest BCUT2D eigenvalue weighted by molar-refractivity contribution is -0.151. The van der Waals surface area contributed by atoms with Gasteiger partial charge >= 0.3 is 5.97 Å². The molecule has 0 saturated carbocycles. The van der Waals surface area contributed by atoms with E-state index in [1.165, 1.54) is 6.07 Å². The number of ether oxygens (including phenoxy) is 2. The van der Waals surface area contributed by atoms with E-state index in [2.05, 4.69) is 0 Å². The third-order valence-electron chi connectivity index (χ3n) is 5.30. The van der Waals surface area contributed by atoms with Gasteiger partial charge in [-0.3, -0.25) is 14.4 Å². The number of nitrogens with zero attached hydrogens (tertiary/aromatic N) is 2. The van der Waals surface area contributed by atoms with Gasteiger partial charge in [0.05, 0.1) is 24.6 Å². The molecular weight excluding hydrogens is 372 g/mol. The van der Waals surface area contributed by atoms with E-state index in [0.717, 1.165) is 23.7 Å². The molecule has 0 spiro atoms. The molecule has 2 aromatic rings. The maximum Gasteiger partial charge on any atom is 0.310 e. The largest absolute Gasteiger partial charge is 0.493 e. The minimum atomic E-state index is -0.226. The number of amides is 1. The van der Waals surface area contributed by atoms with E-state index in [0.29, 0.717) is 44.9 Å². The maximum atomic E-state index is 12.5. The SMILES string of the molecule is CCOC(=O)[C@H]1CCCN(C(=O)CCCOc2cc(=O)n(C)c3ccccc23)C1. The molecule has 1 aliphatic heterocycles. The van der Waals surface area contributed by atoms with Crippen molar-refractivity contribution in [3.8, 4) is 5.75 Å². The van der Waals surface area contributed by atoms with Crippen LogP contribution in [0, 0.1) is 5.92 Å². The van der Waals surface area contributed by atoms with Crippen molar-refractivity contribution in [1.82, 2.24) is 9.47 Å². The Balaban J connectivity index is 1.53. The molecule has 0 unspecified atom stereocenters. The molecule has 1 aliphatic rings. The van der Waals surface area contributed by atoms with E-state index in [9.17, 15) is 14.4 Å². The van der Waals surface area contributed by atoms with Crippen LogP contribution in [0.5, 0.6) is 5.75 Å². The minimum Gasteiger partial charge on any atom is -0.493 e. The maximum absolute atomic E-state index is 12.5. The number of aromatic nitrogens is 1. The van der Waals surface area contributed by atoms with Gasteiger partial charge in [-0.2, -0.15) is 0 Å². The van der Waals surface area contributed by atoms with E-state index >= 15 is 0 Å². The van der Waals surface area contributed by atoms with Gasteiger partial charge in [-0.25, -0.2) is 0 Å². The van der Waals surface area contributed by atoms with E-state index in [1.807, 2.05) is 24.3 Å². The molecular formula is C22H28N2O5. The summed E-state index contributed by atoms with van der Waals surface area (Å²) < 4.78 is 12.5. The number of pyridine rings is 1. The third-order valence-corrected chi connectivity index (χ3v) is 5.30. The zero-order valence-corrected chi connectivity index (χ0v) is 17.1. The Morgan fingerprint density at radius 2 is 2.03 bits per heavy atom. The number of aryl methyl sites for hydroxylation is 1. The summed E-state index contributed by atoms with van der Waals surface area (Å²) in [4.78, 5) is 38.3. The normalized spacial score (nSPS) is 16.6. The highest BCUT2D eigenvalue weighted by molar-refractivity contribution is 5.85. The molecule has 3 rings (SSSR count). The fourth-order valence-electron chi connectivity index (χ4n) is 3.72. The van der Waals surface area contributed by atoms with Crippen LogP contribution in [0.2, 0.25) is 0 Å². The van der Waals surface area contributed by atoms with Crippen LogP contribution in [0.25, 0.3) is 10.9 Å². The first-order valence-electron chi connectivity index (χ1n) is 10.2. The number of carbonyl (C=O) groups is 2. The highest BCUT2D eigenvalue weighted by Crippen LogP contribution is 2.23. The van der Waals surface area contributed by atoms with Gasteiger partial charge in [0.25, 0.3) is 5.56 Å². The standard InChI is InChI=1S/C22H28N2O5/c1-3-28-22(27)16-8-6-12-24(15-16)20(25)11-7-13-29-19-14-21(26)23(2)18-10-5-4-9-17(18)19/h4-5,9-10,14,16H,3,6-8,11-13,15H2,1-2H3/t16-/m0/s1. The Morgan fingerprint density at radius 1 is 1.24 bits per heavy atom. The Labute approximate surface area is 170 Å². The van der Waals surface area contributed by atoms with Gasteiger partial charge in [-0.1, -0.05) is 12.1 Å². The molecule has 29 heavy (non-hydrogen) atoms. The topological polar surface area (TPSA) is 77.8 Å². The van der Waals surface area contributed by atoms with Crippen LogP contribution in [0.3, 0.4) is 0 Å². The van der Waals surface area contributed by atoms with Crippen LogP contribution in [-0.4, -0.2) is 47.6 Å². The smallest absolute Gasteiger partial charge is 0.310 e. The lowest BCUT2D eigenvalue weighted by Gasteiger charge is -2.31. The van der Waals surface area contributed by atoms with Gasteiger partial charge in [-0.05, 0) is 38.3 Å². The highest BCUT2D eigenvalue weighted by Gasteiger charge is 2.29. The molecule has 1 saturated heterocycles. The second-order valence-corrected chi connectivity index (χ2v) is 7.31. The summed E-state index contributed by atoms with van der Waals surface area (Å²) in [5, 5.41) is 0.870. The Bertz CT molecular complexity index is 936. The molecule has 7 nitrogen and oxygen atoms in total. The van der Waals surface area contributed by atoms with Crippen molar-refractivity contribution >= 4 is 22.8 Å². The number of benzene rings is 1. The van der Waals surface area contributed by atoms with Crippen molar-refractivity contribution < 1.29 is 19.1 Å². The molecule has 1 amide bonds. The fraction of sp³-hybridized carbons (Fsp3) is 0.500. The van der Waals surface area contributed by atoms with Crippen molar-refractivity contribution in [3.05, 3.63) is 40.7 Å². The van der Waals surface area contributed by atoms with E-state index in [4.69, 9.17) is 9.47 Å². The van der Waals surface area contributed by atoms with Gasteiger partial charge in [0.1, 0.15) is 5.75 Å². The number of likely N-dealkylation sites (tertiary alicyclic amines) is 1. The second kappa shape index (κ2) is 9.58. The second-order valence-electron chi connectivity index (χ2n) is 7.31. The van der Waals surface area contributed by atoms with Crippen molar-refractivity contribution in [1.29, 1.82) is 0 Å². The zero-order chi connectivity index (χ0) is 20.8. The number of esters is 1. The molecule has 2 heterocycles. The lowest BCUT2D eigenvalue weighted by Crippen LogP contribution is -2.42. The summed E-state index contributed by atoms with van der Waals surface area (Å²) in [6, 6.07) is 9.06. The summed E-state index contributed by atoms with van der Waals surface area (Å²) >= 11 is 0. The summed E-state index contributed by atoms with van der Waals surface area (Å²) in [5.74, 6) is 0.120. The van der Waals surface area contributed by atoms with Crippen LogP contribution in [-0.2, 0) is 21.4 Å². The molecule has 0 radical (unpaired) electrons. The first-order valence-corrected chi connectivity index (χ1v) is 10.2. The summed E-state index contributed by atoms with van der Waals surface area (Å²) in [7, 11) is 1.73. The molecule has 1 fully saturated rings. The number of hydrogen-bond acceptors (Lipinski definition) is 5. The van der Waals surface area contributed by atoms with Crippen molar-refractivity contribution in [3.63, 3.8) is 0 Å². The summed E-state index contributed by atoms with van der Waals surface area (Å²) in [6.45, 7) is 3.60. The van der Waals surface area contributed by atoms with Gasteiger partial charge in [0.2, 0.25) is 5.91 Å². The number of fused-ring (bicyclic) bond motifs is 1. The van der Waals surface area contributed by atoms with Gasteiger partial charge in [0, 0.05) is 38.0 Å². The molecule has 0 aliphatic carbocycles. The first-order chi connectivity index (χ1) is 14.0. The third kappa shape index (κ3) is 4.96. The minimum absolute atomic E-state index is 0.0245. The predicted octanol–water partition coefficient (Wildman–Crippen LogP) is 2.50. The fourth-order valence-corrected chi connectivity index (χ4v) is 3.72. The van der Waals surface area contributed by atoms with Crippen molar-refractivity contribution in [2.24, 2.45) is 13.0 Å². The van der Waals surface area contributed by atoms with Crippen LogP contribution in [0.1, 0.15) is 32.6 Å². The molecule has 0 N–H and O–H groups in total. The average Bonchev–Trinajstić information content (AvgIpc) is 2.74. The monoisotopic (exact) mass is 400 g/mol. The lowest BCUT2D eigenvalue weighted by atomic mass is 9.98. The zero-order valence-electron chi connectivity index (χ0n) is 17.1. The van der Waals surface area contributed by atoms with Crippen LogP contribution >= 0.6 is 0 Å². The quantitative estimate of drug-likeness (QED) is 0.527. The Kier molecular flexibility index (Phi) is 6.90. The molecule has 7 heteroatoms. The number of piperidine rings is 1. The van der Waals surface area contributed by atoms with E-state index < -0.39 is 0 Å². The number of carbonyl (C=O) groups excluding carboxylic acids is 2. The number of para-hydroxylation sites is 1. The summed E-state index contributed by atoms with van der Waals surface area (Å²) in [5.41, 5.74) is 0.678. The van der Waals surface area contributed by atoms with Gasteiger partial charge in [0.15, 0.2) is 0 Å². The molecule has 0 bridgehead atoms. The Morgan fingerprint density at radius 3 is 2.83 bits per heavy atom. The van der Waals surface area contributed by atoms with Crippen molar-refractivity contribution in [2.75, 3.05) is 26.3 Å². The average molecular weight is 400 g/mol. The van der Waals surface area contributed by atoms with Crippen molar-refractivity contribution in [2.45, 2.75) is 32.6 Å². The first kappa shape index (κ1) is 20.9. The van der Waals surface area contributed by atoms with Gasteiger partial charge in [-0.15, -0.1) is 0 Å². The molecule has 1 aromatic carbocycles. The van der Waals surface area contributed by atoms with Crippen LogP contribution < -0.4 is 10.3 Å². The van der Waals surface area contributed by atoms with Crippen LogP contribution in [0.15, 0.2) is 35.1 Å².